The summed E-state index contributed by atoms with van der Waals surface area (Å²) >= 11 is 0. The maximum absolute atomic E-state index is 14.6. The van der Waals surface area contributed by atoms with E-state index in [9.17, 15) is 9.18 Å². The predicted molar refractivity (Wildman–Crippen MR) is 118 cm³/mol. The Labute approximate surface area is 186 Å². The number of hydrazone groups is 1. The zero-order valence-electron chi connectivity index (χ0n) is 17.3. The monoisotopic (exact) mass is 441 g/mol. The standard InChI is InChI=1S/C22H16FN9O/c1-13(28-30-22(33)14-4-7-24-8-5-14)19-11-26-20-21(27-19)32(31-29-20)12-16-9-15-3-2-6-25-18(15)10-17(16)23/h2-11H,12H2,1H3,(H,30,33)/b28-13+. The molecule has 0 aliphatic rings. The molecule has 5 rings (SSSR count). The molecular formula is C22H16FN9O. The van der Waals surface area contributed by atoms with Crippen LogP contribution < -0.4 is 5.43 Å². The number of carbonyl (C=O) groups excluding carboxylic acids is 1. The minimum atomic E-state index is -0.398. The quantitative estimate of drug-likeness (QED) is 0.328. The molecule has 0 aliphatic carbocycles. The van der Waals surface area contributed by atoms with Gasteiger partial charge in [-0.3, -0.25) is 14.8 Å². The minimum Gasteiger partial charge on any atom is -0.267 e. The summed E-state index contributed by atoms with van der Waals surface area (Å²) in [6, 6.07) is 9.94. The first-order valence-corrected chi connectivity index (χ1v) is 9.93. The summed E-state index contributed by atoms with van der Waals surface area (Å²) in [5, 5.41) is 13.0. The second-order valence-electron chi connectivity index (χ2n) is 7.16. The molecule has 11 heteroatoms. The highest BCUT2D eigenvalue weighted by Crippen LogP contribution is 2.19. The van der Waals surface area contributed by atoms with Crippen molar-refractivity contribution in [3.63, 3.8) is 0 Å². The SMILES string of the molecule is C/C(=N\NC(=O)c1ccncc1)c1cnc2nnn(Cc3cc4cccnc4cc3F)c2n1. The van der Waals surface area contributed by atoms with Gasteiger partial charge in [0.05, 0.1) is 24.0 Å². The van der Waals surface area contributed by atoms with Gasteiger partial charge in [-0.15, -0.1) is 5.10 Å². The summed E-state index contributed by atoms with van der Waals surface area (Å²) in [6.07, 6.45) is 6.15. The molecule has 162 valence electrons. The van der Waals surface area contributed by atoms with E-state index in [1.807, 2.05) is 6.07 Å². The Morgan fingerprint density at radius 3 is 2.85 bits per heavy atom. The molecule has 0 saturated heterocycles. The van der Waals surface area contributed by atoms with Crippen molar-refractivity contribution in [2.45, 2.75) is 13.5 Å². The first kappa shape index (κ1) is 20.2. The molecule has 1 amide bonds. The lowest BCUT2D eigenvalue weighted by atomic mass is 10.1. The van der Waals surface area contributed by atoms with Crippen LogP contribution in [-0.4, -0.2) is 46.5 Å². The van der Waals surface area contributed by atoms with Crippen molar-refractivity contribution in [3.05, 3.63) is 83.8 Å². The highest BCUT2D eigenvalue weighted by atomic mass is 19.1. The molecule has 0 radical (unpaired) electrons. The molecule has 5 aromatic rings. The van der Waals surface area contributed by atoms with E-state index < -0.39 is 5.82 Å². The Bertz CT molecular complexity index is 1510. The maximum atomic E-state index is 14.6. The third-order valence-corrected chi connectivity index (χ3v) is 4.96. The number of rotatable bonds is 5. The number of carbonyl (C=O) groups is 1. The molecule has 0 atom stereocenters. The van der Waals surface area contributed by atoms with Gasteiger partial charge < -0.3 is 0 Å². The van der Waals surface area contributed by atoms with E-state index >= 15 is 0 Å². The summed E-state index contributed by atoms with van der Waals surface area (Å²) in [5.74, 6) is -0.774. The van der Waals surface area contributed by atoms with Gasteiger partial charge in [0, 0.05) is 41.2 Å². The van der Waals surface area contributed by atoms with Crippen molar-refractivity contribution in [2.24, 2.45) is 5.10 Å². The summed E-state index contributed by atoms with van der Waals surface area (Å²) in [7, 11) is 0. The smallest absolute Gasteiger partial charge is 0.267 e. The van der Waals surface area contributed by atoms with E-state index in [0.717, 1.165) is 5.39 Å². The number of pyridine rings is 2. The Hall–Kier alpha value is -4.67. The van der Waals surface area contributed by atoms with Crippen LogP contribution in [0.25, 0.3) is 22.2 Å². The number of hydrogen-bond acceptors (Lipinski definition) is 8. The second kappa shape index (κ2) is 8.46. The molecule has 0 unspecified atom stereocenters. The molecule has 4 heterocycles. The Morgan fingerprint density at radius 1 is 1.15 bits per heavy atom. The van der Waals surface area contributed by atoms with Gasteiger partial charge in [0.1, 0.15) is 11.5 Å². The highest BCUT2D eigenvalue weighted by Gasteiger charge is 2.14. The summed E-state index contributed by atoms with van der Waals surface area (Å²) in [6.45, 7) is 1.80. The van der Waals surface area contributed by atoms with Gasteiger partial charge in [0.15, 0.2) is 5.65 Å². The third kappa shape index (κ3) is 4.11. The first-order valence-electron chi connectivity index (χ1n) is 9.93. The fourth-order valence-corrected chi connectivity index (χ4v) is 3.22. The number of nitrogens with one attached hydrogen (secondary N) is 1. The molecular weight excluding hydrogens is 425 g/mol. The average molecular weight is 441 g/mol. The highest BCUT2D eigenvalue weighted by molar-refractivity contribution is 6.00. The maximum Gasteiger partial charge on any atom is 0.271 e. The number of hydrogen-bond donors (Lipinski definition) is 1. The van der Waals surface area contributed by atoms with Crippen LogP contribution in [0.4, 0.5) is 4.39 Å². The van der Waals surface area contributed by atoms with Crippen LogP contribution in [0, 0.1) is 5.82 Å². The van der Waals surface area contributed by atoms with E-state index in [4.69, 9.17) is 0 Å². The van der Waals surface area contributed by atoms with Gasteiger partial charge in [0.2, 0.25) is 5.65 Å². The number of halogens is 1. The number of benzene rings is 1. The Morgan fingerprint density at radius 2 is 2.00 bits per heavy atom. The summed E-state index contributed by atoms with van der Waals surface area (Å²) in [4.78, 5) is 29.0. The van der Waals surface area contributed by atoms with E-state index in [2.05, 4.69) is 40.8 Å². The summed E-state index contributed by atoms with van der Waals surface area (Å²) < 4.78 is 16.1. The van der Waals surface area contributed by atoms with Crippen LogP contribution in [-0.2, 0) is 6.54 Å². The van der Waals surface area contributed by atoms with Crippen molar-refractivity contribution in [2.75, 3.05) is 0 Å². The lowest BCUT2D eigenvalue weighted by molar-refractivity contribution is 0.0954. The molecule has 0 bridgehead atoms. The number of aromatic nitrogens is 7. The Balaban J connectivity index is 1.42. The van der Waals surface area contributed by atoms with Gasteiger partial charge in [0.25, 0.3) is 5.91 Å². The molecule has 0 spiro atoms. The zero-order valence-corrected chi connectivity index (χ0v) is 17.3. The van der Waals surface area contributed by atoms with Crippen LogP contribution in [0.2, 0.25) is 0 Å². The molecule has 10 nitrogen and oxygen atoms in total. The van der Waals surface area contributed by atoms with Crippen molar-refractivity contribution in [3.8, 4) is 0 Å². The van der Waals surface area contributed by atoms with E-state index in [0.29, 0.717) is 39.3 Å². The topological polar surface area (TPSA) is 124 Å². The molecule has 1 N–H and O–H groups in total. The van der Waals surface area contributed by atoms with Gasteiger partial charge in [-0.25, -0.2) is 24.5 Å². The Kier molecular flexibility index (Phi) is 5.19. The normalized spacial score (nSPS) is 11.8. The minimum absolute atomic E-state index is 0.111. The number of nitrogens with zero attached hydrogens (tertiary/aromatic N) is 8. The molecule has 0 aliphatic heterocycles. The van der Waals surface area contributed by atoms with Crippen molar-refractivity contribution in [1.29, 1.82) is 0 Å². The average Bonchev–Trinajstić information content (AvgIpc) is 3.25. The largest absolute Gasteiger partial charge is 0.271 e. The lowest BCUT2D eigenvalue weighted by Gasteiger charge is -2.06. The van der Waals surface area contributed by atoms with Gasteiger partial charge >= 0.3 is 0 Å². The van der Waals surface area contributed by atoms with Gasteiger partial charge in [-0.05, 0) is 31.2 Å². The molecule has 0 fully saturated rings. The van der Waals surface area contributed by atoms with Gasteiger partial charge in [-0.2, -0.15) is 5.10 Å². The van der Waals surface area contributed by atoms with Crippen LogP contribution in [0.3, 0.4) is 0 Å². The third-order valence-electron chi connectivity index (χ3n) is 4.96. The van der Waals surface area contributed by atoms with Crippen LogP contribution in [0.15, 0.2) is 66.3 Å². The fraction of sp³-hybridized carbons (Fsp3) is 0.0909. The zero-order chi connectivity index (χ0) is 22.8. The van der Waals surface area contributed by atoms with Gasteiger partial charge in [-0.1, -0.05) is 11.3 Å². The van der Waals surface area contributed by atoms with E-state index in [1.54, 1.807) is 37.4 Å². The van der Waals surface area contributed by atoms with Crippen LogP contribution >= 0.6 is 0 Å². The second-order valence-corrected chi connectivity index (χ2v) is 7.16. The lowest BCUT2D eigenvalue weighted by Crippen LogP contribution is -2.19. The predicted octanol–water partition coefficient (Wildman–Crippen LogP) is 2.51. The molecule has 4 aromatic heterocycles. The van der Waals surface area contributed by atoms with Crippen LogP contribution in [0.1, 0.15) is 28.5 Å². The summed E-state index contributed by atoms with van der Waals surface area (Å²) in [5.41, 5.74) is 5.44. The molecule has 1 aromatic carbocycles. The fourth-order valence-electron chi connectivity index (χ4n) is 3.22. The van der Waals surface area contributed by atoms with Crippen molar-refractivity contribution in [1.82, 2.24) is 40.4 Å². The van der Waals surface area contributed by atoms with Crippen LogP contribution in [0.5, 0.6) is 0 Å². The van der Waals surface area contributed by atoms with Crippen molar-refractivity contribution < 1.29 is 9.18 Å². The number of amides is 1. The van der Waals surface area contributed by atoms with E-state index in [-0.39, 0.29) is 12.5 Å². The molecule has 0 saturated carbocycles. The van der Waals surface area contributed by atoms with Crippen molar-refractivity contribution >= 4 is 33.8 Å². The first-order chi connectivity index (χ1) is 16.1. The number of fused-ring (bicyclic) bond motifs is 2. The molecule has 33 heavy (non-hydrogen) atoms. The van der Waals surface area contributed by atoms with E-state index in [1.165, 1.54) is 29.3 Å².